The fourth-order valence-corrected chi connectivity index (χ4v) is 6.57. The zero-order chi connectivity index (χ0) is 37.7. The van der Waals surface area contributed by atoms with Gasteiger partial charge in [0, 0.05) is 53.3 Å². The van der Waals surface area contributed by atoms with Crippen LogP contribution in [0, 0.1) is 0 Å². The van der Waals surface area contributed by atoms with Crippen LogP contribution < -0.4 is 0 Å². The van der Waals surface area contributed by atoms with Gasteiger partial charge in [-0.15, -0.1) is 11.3 Å². The Morgan fingerprint density at radius 2 is 1.11 bits per heavy atom. The van der Waals surface area contributed by atoms with Gasteiger partial charge in [0.15, 0.2) is 17.5 Å². The number of para-hydroxylation sites is 1. The van der Waals surface area contributed by atoms with Crippen LogP contribution >= 0.6 is 11.3 Å². The van der Waals surface area contributed by atoms with Crippen molar-refractivity contribution in [2.24, 2.45) is 0 Å². The zero-order valence-electron chi connectivity index (χ0n) is 32.8. The Kier molecular flexibility index (Phi) is 3.82. The molecule has 0 fully saturated rings. The Hall–Kier alpha value is -5.65. The highest BCUT2D eigenvalue weighted by atomic mass is 32.1. The largest absolute Gasteiger partial charge is 0.309 e. The molecule has 0 saturated heterocycles. The van der Waals surface area contributed by atoms with Gasteiger partial charge >= 0.3 is 0 Å². The van der Waals surface area contributed by atoms with Crippen LogP contribution in [0.4, 0.5) is 0 Å². The molecule has 9 aromatic rings. The first-order valence-corrected chi connectivity index (χ1v) is 14.6. The number of hydrogen-bond donors (Lipinski definition) is 0. The number of thiophene rings is 1. The van der Waals surface area contributed by atoms with Gasteiger partial charge in [0.2, 0.25) is 0 Å². The van der Waals surface area contributed by atoms with Crippen molar-refractivity contribution in [3.8, 4) is 39.9 Å². The molecule has 9 rings (SSSR count). The van der Waals surface area contributed by atoms with E-state index in [-0.39, 0.29) is 78.2 Å². The summed E-state index contributed by atoms with van der Waals surface area (Å²) >= 11 is 0.969. The topological polar surface area (TPSA) is 43.6 Å². The smallest absolute Gasteiger partial charge is 0.164 e. The molecule has 0 amide bonds. The molecule has 0 N–H and O–H groups in total. The number of fused-ring (bicyclic) bond motifs is 7. The van der Waals surface area contributed by atoms with Crippen molar-refractivity contribution in [3.63, 3.8) is 0 Å². The second-order valence-corrected chi connectivity index (χ2v) is 11.2. The summed E-state index contributed by atoms with van der Waals surface area (Å²) in [6.45, 7) is 0. The van der Waals surface area contributed by atoms with Gasteiger partial charge in [-0.1, -0.05) is 109 Å². The molecular formula is C39H24N4S. The first kappa shape index (κ1) is 16.8. The van der Waals surface area contributed by atoms with Crippen molar-refractivity contribution >= 4 is 53.3 Å². The van der Waals surface area contributed by atoms with E-state index in [9.17, 15) is 1.37 Å². The molecule has 5 heteroatoms. The van der Waals surface area contributed by atoms with Gasteiger partial charge < -0.3 is 4.57 Å². The maximum absolute atomic E-state index is 9.35. The lowest BCUT2D eigenvalue weighted by Crippen LogP contribution is -2.01. The minimum atomic E-state index is -0.497. The van der Waals surface area contributed by atoms with E-state index in [1.54, 1.807) is 22.8 Å². The molecule has 0 aliphatic rings. The molecule has 0 saturated carbocycles. The Bertz CT molecular complexity index is 3000. The number of hydrogen-bond acceptors (Lipinski definition) is 4. The molecule has 6 aromatic carbocycles. The first-order valence-electron chi connectivity index (χ1n) is 18.8. The molecule has 0 aliphatic carbocycles. The molecule has 0 radical (unpaired) electrons. The monoisotopic (exact) mass is 590 g/mol. The van der Waals surface area contributed by atoms with Crippen LogP contribution in [0.3, 0.4) is 0 Å². The zero-order valence-corrected chi connectivity index (χ0v) is 23.6. The molecule has 0 atom stereocenters. The summed E-state index contributed by atoms with van der Waals surface area (Å²) < 4.78 is 90.3. The van der Waals surface area contributed by atoms with Crippen LogP contribution in [-0.2, 0) is 0 Å². The number of benzene rings is 6. The van der Waals surface area contributed by atoms with Crippen molar-refractivity contribution in [2.45, 2.75) is 0 Å². The summed E-state index contributed by atoms with van der Waals surface area (Å²) in [5, 5.41) is 0.643. The average molecular weight is 591 g/mol. The van der Waals surface area contributed by atoms with E-state index in [0.29, 0.717) is 28.7 Å². The van der Waals surface area contributed by atoms with Gasteiger partial charge in [0.05, 0.1) is 24.7 Å². The summed E-state index contributed by atoms with van der Waals surface area (Å²) in [4.78, 5) is 14.5. The maximum Gasteiger partial charge on any atom is 0.164 e. The predicted octanol–water partition coefficient (Wildman–Crippen LogP) is 10.3. The minimum absolute atomic E-state index is 0.0549. The molecule has 0 aliphatic heterocycles. The Morgan fingerprint density at radius 1 is 0.500 bits per heavy atom. The van der Waals surface area contributed by atoms with Gasteiger partial charge in [-0.2, -0.15) is 0 Å². The summed E-state index contributed by atoms with van der Waals surface area (Å²) in [5.41, 5.74) is 2.66. The highest BCUT2D eigenvalue weighted by Gasteiger charge is 2.18. The SMILES string of the molecule is [2H]c1c([2H])c([2H])c2c(sc3c([2H])c([2H])c4c(c5c([2H])c([2H])c([2H])c([2H])c5n4-c4cccc(-c5nc(-c6ccccc6)nc(-c6ccccc6)n5)c4)c32)c1[2H]. The Balaban J connectivity index is 1.41. The van der Waals surface area contributed by atoms with E-state index in [4.69, 9.17) is 27.3 Å². The lowest BCUT2D eigenvalue weighted by Gasteiger charge is -2.11. The van der Waals surface area contributed by atoms with Crippen LogP contribution in [0.25, 0.3) is 81.8 Å². The number of aromatic nitrogens is 4. The predicted molar refractivity (Wildman–Crippen MR) is 183 cm³/mol. The molecule has 0 spiro atoms. The molecule has 44 heavy (non-hydrogen) atoms. The fourth-order valence-electron chi connectivity index (χ4n) is 5.60. The Labute approximate surface area is 271 Å². The summed E-state index contributed by atoms with van der Waals surface area (Å²) in [6.07, 6.45) is 0. The third-order valence-electron chi connectivity index (χ3n) is 7.54. The van der Waals surface area contributed by atoms with Gasteiger partial charge in [0.1, 0.15) is 0 Å². The second-order valence-electron chi connectivity index (χ2n) is 10.1. The lowest BCUT2D eigenvalue weighted by molar-refractivity contribution is 1.07. The van der Waals surface area contributed by atoms with Gasteiger partial charge in [0.25, 0.3) is 0 Å². The normalized spacial score (nSPS) is 14.8. The molecule has 3 aromatic heterocycles. The molecule has 0 unspecified atom stereocenters. The minimum Gasteiger partial charge on any atom is -0.309 e. The van der Waals surface area contributed by atoms with E-state index in [0.717, 1.165) is 22.5 Å². The standard InChI is InChI=1S/C39H24N4S/c1-3-12-25(13-4-1)37-40-38(26-14-5-2-6-15-26)42-39(41-37)27-16-11-17-28(24-27)43-31-20-9-7-18-29(31)35-32(43)22-23-34-36(35)30-19-8-10-21-33(30)44-34/h1-24H/i7D,8D,9D,10D,18D,19D,20D,21D,22D,23D. The Morgan fingerprint density at radius 3 is 1.84 bits per heavy atom. The summed E-state index contributed by atoms with van der Waals surface area (Å²) in [5.74, 6) is 1.22. The van der Waals surface area contributed by atoms with E-state index < -0.39 is 24.2 Å². The van der Waals surface area contributed by atoms with Gasteiger partial charge in [-0.3, -0.25) is 0 Å². The van der Waals surface area contributed by atoms with Crippen LogP contribution in [0.1, 0.15) is 13.7 Å². The van der Waals surface area contributed by atoms with E-state index in [2.05, 4.69) is 0 Å². The summed E-state index contributed by atoms with van der Waals surface area (Å²) in [7, 11) is 0. The molecule has 206 valence electrons. The highest BCUT2D eigenvalue weighted by molar-refractivity contribution is 7.26. The third kappa shape index (κ3) is 3.94. The fraction of sp³-hybridized carbons (Fsp3) is 0. The quantitative estimate of drug-likeness (QED) is 0.205. The average Bonchev–Trinajstić information content (AvgIpc) is 3.78. The lowest BCUT2D eigenvalue weighted by atomic mass is 10.1. The number of nitrogens with zero attached hydrogens (tertiary/aromatic N) is 4. The van der Waals surface area contributed by atoms with Crippen LogP contribution in [0.5, 0.6) is 0 Å². The summed E-state index contributed by atoms with van der Waals surface area (Å²) in [6, 6.07) is 22.3. The van der Waals surface area contributed by atoms with Crippen molar-refractivity contribution in [2.75, 3.05) is 0 Å². The van der Waals surface area contributed by atoms with E-state index >= 15 is 0 Å². The van der Waals surface area contributed by atoms with Crippen molar-refractivity contribution < 1.29 is 13.7 Å². The maximum atomic E-state index is 9.35. The van der Waals surface area contributed by atoms with Crippen molar-refractivity contribution in [3.05, 3.63) is 145 Å². The van der Waals surface area contributed by atoms with Gasteiger partial charge in [-0.25, -0.2) is 15.0 Å². The van der Waals surface area contributed by atoms with E-state index in [1.807, 2.05) is 66.7 Å². The van der Waals surface area contributed by atoms with E-state index in [1.165, 1.54) is 0 Å². The molecule has 3 heterocycles. The van der Waals surface area contributed by atoms with Crippen molar-refractivity contribution in [1.82, 2.24) is 19.5 Å². The molecular weight excluding hydrogens is 557 g/mol. The third-order valence-corrected chi connectivity index (χ3v) is 8.56. The van der Waals surface area contributed by atoms with Gasteiger partial charge in [-0.05, 0) is 36.3 Å². The number of rotatable bonds is 4. The highest BCUT2D eigenvalue weighted by Crippen LogP contribution is 2.43. The van der Waals surface area contributed by atoms with Crippen LogP contribution in [0.2, 0.25) is 0 Å². The molecule has 0 bridgehead atoms. The van der Waals surface area contributed by atoms with Crippen LogP contribution in [0.15, 0.2) is 145 Å². The van der Waals surface area contributed by atoms with Crippen LogP contribution in [-0.4, -0.2) is 19.5 Å². The second kappa shape index (κ2) is 9.97. The van der Waals surface area contributed by atoms with Crippen molar-refractivity contribution in [1.29, 1.82) is 0 Å². The first-order chi connectivity index (χ1) is 26.0. The molecule has 4 nitrogen and oxygen atoms in total.